The summed E-state index contributed by atoms with van der Waals surface area (Å²) in [5.41, 5.74) is -0.679. The van der Waals surface area contributed by atoms with Crippen molar-refractivity contribution >= 4 is 27.7 Å². The molecule has 0 bridgehead atoms. The Bertz CT molecular complexity index is 1620. The monoisotopic (exact) mass is 653 g/mol. The molecule has 0 spiro atoms. The van der Waals surface area contributed by atoms with Gasteiger partial charge in [0.25, 0.3) is 11.8 Å². The van der Waals surface area contributed by atoms with Crippen LogP contribution in [0.4, 0.5) is 0 Å². The molecule has 246 valence electrons. The molecule has 2 aliphatic carbocycles. The maximum atomic E-state index is 14.0. The number of amides is 3. The van der Waals surface area contributed by atoms with Gasteiger partial charge in [0.15, 0.2) is 5.82 Å². The minimum absolute atomic E-state index is 0.0657. The molecule has 2 saturated carbocycles. The summed E-state index contributed by atoms with van der Waals surface area (Å²) >= 11 is 0. The molecule has 1 aromatic carbocycles. The van der Waals surface area contributed by atoms with E-state index in [-0.39, 0.29) is 43.0 Å². The van der Waals surface area contributed by atoms with Crippen molar-refractivity contribution in [3.8, 4) is 23.1 Å². The van der Waals surface area contributed by atoms with Gasteiger partial charge in [-0.3, -0.25) is 19.1 Å². The Balaban J connectivity index is 1.26. The van der Waals surface area contributed by atoms with E-state index in [9.17, 15) is 22.8 Å². The number of hydrogen-bond acceptors (Lipinski definition) is 10. The molecule has 1 aromatic heterocycles. The minimum atomic E-state index is -3.84. The number of fused-ring (bicyclic) bond motifs is 2. The normalized spacial score (nSPS) is 29.3. The molecular weight excluding hydrogens is 614 g/mol. The van der Waals surface area contributed by atoms with E-state index in [2.05, 4.69) is 20.0 Å². The van der Waals surface area contributed by atoms with E-state index in [0.29, 0.717) is 25.3 Å². The third-order valence-electron chi connectivity index (χ3n) is 8.87. The number of ether oxygens (including phenoxy) is 3. The van der Waals surface area contributed by atoms with Crippen LogP contribution in [0.3, 0.4) is 0 Å². The molecule has 2 aromatic rings. The molecule has 14 heteroatoms. The van der Waals surface area contributed by atoms with Crippen molar-refractivity contribution in [1.82, 2.24) is 24.9 Å². The third-order valence-corrected chi connectivity index (χ3v) is 10.7. The average molecular weight is 654 g/mol. The Labute approximate surface area is 268 Å². The van der Waals surface area contributed by atoms with Crippen molar-refractivity contribution in [2.24, 2.45) is 5.92 Å². The summed E-state index contributed by atoms with van der Waals surface area (Å²) in [6, 6.07) is 9.87. The molecule has 2 aliphatic heterocycles. The number of benzene rings is 1. The molecule has 6 rings (SSSR count). The Hall–Kier alpha value is -4.04. The van der Waals surface area contributed by atoms with Gasteiger partial charge in [-0.05, 0) is 45.4 Å². The van der Waals surface area contributed by atoms with Gasteiger partial charge in [0.05, 0.1) is 25.0 Å². The van der Waals surface area contributed by atoms with Gasteiger partial charge in [-0.25, -0.2) is 8.42 Å². The number of allylic oxidation sites excluding steroid dienone is 1. The van der Waals surface area contributed by atoms with Crippen LogP contribution in [0, 0.1) is 5.92 Å². The smallest absolute Gasteiger partial charge is 0.259 e. The van der Waals surface area contributed by atoms with Crippen LogP contribution in [0.25, 0.3) is 11.4 Å². The van der Waals surface area contributed by atoms with Gasteiger partial charge < -0.3 is 24.4 Å². The zero-order chi connectivity index (χ0) is 32.5. The lowest BCUT2D eigenvalue weighted by atomic mass is 10.1. The van der Waals surface area contributed by atoms with Crippen LogP contribution in [0.2, 0.25) is 0 Å². The van der Waals surface area contributed by atoms with E-state index in [1.54, 1.807) is 6.92 Å². The molecule has 5 atom stereocenters. The van der Waals surface area contributed by atoms with Crippen LogP contribution in [-0.2, 0) is 29.1 Å². The molecule has 3 amide bonds. The highest BCUT2D eigenvalue weighted by atomic mass is 32.2. The van der Waals surface area contributed by atoms with Crippen LogP contribution in [-0.4, -0.2) is 90.3 Å². The maximum Gasteiger partial charge on any atom is 0.259 e. The molecule has 1 saturated heterocycles. The zero-order valence-corrected chi connectivity index (χ0v) is 26.7. The number of aromatic nitrogens is 2. The summed E-state index contributed by atoms with van der Waals surface area (Å²) in [5.74, 6) is -1.20. The number of hydrogen-bond donors (Lipinski definition) is 2. The molecule has 0 radical (unpaired) electrons. The van der Waals surface area contributed by atoms with Crippen LogP contribution in [0.5, 0.6) is 11.8 Å². The molecule has 0 unspecified atom stereocenters. The van der Waals surface area contributed by atoms with Gasteiger partial charge in [-0.15, -0.1) is 0 Å². The number of sulfonamides is 1. The van der Waals surface area contributed by atoms with Crippen LogP contribution in [0.1, 0.15) is 51.9 Å². The molecule has 3 heterocycles. The lowest BCUT2D eigenvalue weighted by Crippen LogP contribution is -2.57. The maximum absolute atomic E-state index is 14.0. The Morgan fingerprint density at radius 3 is 2.63 bits per heavy atom. The first-order valence-corrected chi connectivity index (χ1v) is 17.3. The quantitative estimate of drug-likeness (QED) is 0.423. The number of carbonyl (C=O) groups excluding carboxylic acids is 3. The van der Waals surface area contributed by atoms with E-state index in [0.717, 1.165) is 24.8 Å². The SMILES string of the molecule is COc1cc(O[C@@H]2C[C@H]3C(=O)N[C@]4(C(=O)NS(=O)(=O)C5CC5)C[C@H]4/C=C\CCCCO[C@H](C)C(=O)N3C2)nc(-c2ccccc2)n1. The molecule has 2 N–H and O–H groups in total. The number of carbonyl (C=O) groups is 3. The van der Waals surface area contributed by atoms with E-state index in [4.69, 9.17) is 14.2 Å². The summed E-state index contributed by atoms with van der Waals surface area (Å²) in [6.45, 7) is 2.10. The van der Waals surface area contributed by atoms with Crippen molar-refractivity contribution < 1.29 is 37.0 Å². The van der Waals surface area contributed by atoms with E-state index in [1.807, 2.05) is 42.5 Å². The van der Waals surface area contributed by atoms with E-state index < -0.39 is 50.9 Å². The second-order valence-electron chi connectivity index (χ2n) is 12.3. The predicted molar refractivity (Wildman–Crippen MR) is 166 cm³/mol. The van der Waals surface area contributed by atoms with Gasteiger partial charge in [0.2, 0.25) is 27.7 Å². The fourth-order valence-electron chi connectivity index (χ4n) is 5.99. The molecule has 46 heavy (non-hydrogen) atoms. The second-order valence-corrected chi connectivity index (χ2v) is 14.3. The first-order valence-electron chi connectivity index (χ1n) is 15.7. The first kappa shape index (κ1) is 31.9. The second kappa shape index (κ2) is 13.0. The molecule has 4 aliphatic rings. The van der Waals surface area contributed by atoms with Crippen molar-refractivity contribution in [3.05, 3.63) is 48.6 Å². The summed E-state index contributed by atoms with van der Waals surface area (Å²) in [7, 11) is -2.35. The van der Waals surface area contributed by atoms with Crippen LogP contribution < -0.4 is 19.5 Å². The standard InChI is InChI=1S/C32H39N5O8S/c1-20-30(39)37-19-23(45-27-17-26(43-2)33-28(34-27)21-10-6-5-7-11-21)16-25(37)29(38)35-32(31(40)36-46(41,42)24-13-14-24)18-22(32)12-8-3-4-9-15-44-20/h5-8,10-12,17,20,22-25H,3-4,9,13-16,18-19H2,1-2H3,(H,35,38)(H,36,40)/b12-8-/t20-,22-,23-,25+,32-/m1/s1. The van der Waals surface area contributed by atoms with Crippen molar-refractivity contribution in [1.29, 1.82) is 0 Å². The topological polar surface area (TPSA) is 166 Å². The van der Waals surface area contributed by atoms with Gasteiger partial charge in [-0.2, -0.15) is 9.97 Å². The Kier molecular flexibility index (Phi) is 9.01. The lowest BCUT2D eigenvalue weighted by molar-refractivity contribution is -0.147. The van der Waals surface area contributed by atoms with Crippen molar-refractivity contribution in [3.63, 3.8) is 0 Å². The minimum Gasteiger partial charge on any atom is -0.481 e. The molecular formula is C32H39N5O8S. The number of rotatable bonds is 7. The van der Waals surface area contributed by atoms with Crippen molar-refractivity contribution in [2.45, 2.75) is 80.9 Å². The largest absolute Gasteiger partial charge is 0.481 e. The zero-order valence-electron chi connectivity index (χ0n) is 25.9. The summed E-state index contributed by atoms with van der Waals surface area (Å²) in [4.78, 5) is 51.5. The Morgan fingerprint density at radius 1 is 1.13 bits per heavy atom. The number of nitrogens with zero attached hydrogens (tertiary/aromatic N) is 3. The fraction of sp³-hybridized carbons (Fsp3) is 0.531. The highest BCUT2D eigenvalue weighted by Gasteiger charge is 2.62. The van der Waals surface area contributed by atoms with Gasteiger partial charge in [0.1, 0.15) is 23.8 Å². The van der Waals surface area contributed by atoms with Gasteiger partial charge in [0, 0.05) is 24.5 Å². The van der Waals surface area contributed by atoms with Crippen LogP contribution in [0.15, 0.2) is 48.6 Å². The highest BCUT2D eigenvalue weighted by Crippen LogP contribution is 2.46. The third kappa shape index (κ3) is 6.87. The fourth-order valence-corrected chi connectivity index (χ4v) is 7.35. The Morgan fingerprint density at radius 2 is 1.89 bits per heavy atom. The molecule has 3 fully saturated rings. The average Bonchev–Trinajstić information content (AvgIpc) is 3.97. The highest BCUT2D eigenvalue weighted by molar-refractivity contribution is 7.91. The van der Waals surface area contributed by atoms with E-state index >= 15 is 0 Å². The number of methoxy groups -OCH3 is 1. The van der Waals surface area contributed by atoms with E-state index in [1.165, 1.54) is 18.1 Å². The lowest BCUT2D eigenvalue weighted by Gasteiger charge is -2.28. The van der Waals surface area contributed by atoms with Gasteiger partial charge >= 0.3 is 0 Å². The van der Waals surface area contributed by atoms with Gasteiger partial charge in [-0.1, -0.05) is 42.5 Å². The summed E-state index contributed by atoms with van der Waals surface area (Å²) in [5, 5.41) is 2.26. The first-order chi connectivity index (χ1) is 22.1. The summed E-state index contributed by atoms with van der Waals surface area (Å²) in [6.07, 6.45) is 5.97. The predicted octanol–water partition coefficient (Wildman–Crippen LogP) is 2.13. The van der Waals surface area contributed by atoms with Crippen molar-refractivity contribution in [2.75, 3.05) is 20.3 Å². The summed E-state index contributed by atoms with van der Waals surface area (Å²) < 4.78 is 45.0. The van der Waals surface area contributed by atoms with Crippen LogP contribution >= 0.6 is 0 Å². The number of nitrogens with one attached hydrogen (secondary N) is 2. The molecule has 13 nitrogen and oxygen atoms in total.